The van der Waals surface area contributed by atoms with Crippen LogP contribution >= 0.6 is 12.0 Å². The van der Waals surface area contributed by atoms with Gasteiger partial charge in [-0.25, -0.2) is 13.2 Å². The molecule has 2 unspecified atom stereocenters. The molecule has 206 valence electrons. The molecule has 1 aromatic heterocycles. The van der Waals surface area contributed by atoms with E-state index in [2.05, 4.69) is 20.8 Å². The van der Waals surface area contributed by atoms with Crippen LogP contribution in [0.3, 0.4) is 0 Å². The van der Waals surface area contributed by atoms with Gasteiger partial charge in [-0.05, 0) is 82.4 Å². The van der Waals surface area contributed by atoms with Crippen LogP contribution in [0.15, 0.2) is 30.5 Å². The van der Waals surface area contributed by atoms with E-state index < -0.39 is 23.3 Å². The number of halogens is 3. The van der Waals surface area contributed by atoms with Crippen molar-refractivity contribution in [2.24, 2.45) is 0 Å². The molecule has 2 aliphatic rings. The minimum absolute atomic E-state index is 0.0426. The molecule has 5 rings (SSSR count). The van der Waals surface area contributed by atoms with E-state index in [9.17, 15) is 0 Å². The van der Waals surface area contributed by atoms with Crippen LogP contribution in [0.1, 0.15) is 57.4 Å². The third kappa shape index (κ3) is 5.68. The Balaban J connectivity index is 1.53. The maximum atomic E-state index is 15.9. The molecule has 0 spiro atoms. The second-order valence-corrected chi connectivity index (χ2v) is 13.4. The molecule has 3 N–H and O–H groups in total. The second-order valence-electron chi connectivity index (χ2n) is 11.8. The van der Waals surface area contributed by atoms with E-state index in [1.165, 1.54) is 31.1 Å². The number of H-pyrrole nitrogens is 1. The number of alkyl halides is 1. The van der Waals surface area contributed by atoms with Crippen LogP contribution in [0.5, 0.6) is 0 Å². The van der Waals surface area contributed by atoms with E-state index in [-0.39, 0.29) is 35.5 Å². The summed E-state index contributed by atoms with van der Waals surface area (Å²) in [7, 11) is 0. The standard InChI is InChI=1S/C28H36F3N5OS/c1-16-8-20-19(6-7-24-21(20)13-33-35-24)26(36(16)14-28(5,31)15-37-38-27(2,3)4)25-22(29)9-17(10-23(25)30)34-18-11-32-12-18/h6-7,9-10,13,16,18,26,32,34H,8,11-12,14-15H2,1-5H3,(H,33,35)/t16-,26?,28?/m1/s1. The molecule has 38 heavy (non-hydrogen) atoms. The van der Waals surface area contributed by atoms with Crippen molar-refractivity contribution in [3.05, 3.63) is 58.8 Å². The van der Waals surface area contributed by atoms with Crippen LogP contribution in [0.2, 0.25) is 0 Å². The zero-order valence-corrected chi connectivity index (χ0v) is 23.3. The average molecular weight is 548 g/mol. The molecule has 3 aromatic rings. The zero-order chi connectivity index (χ0) is 27.2. The molecule has 3 atom stereocenters. The lowest BCUT2D eigenvalue weighted by molar-refractivity contribution is 0.0287. The molecule has 2 aliphatic heterocycles. The van der Waals surface area contributed by atoms with Crippen molar-refractivity contribution in [3.63, 3.8) is 0 Å². The number of aromatic amines is 1. The van der Waals surface area contributed by atoms with Crippen molar-refractivity contribution in [1.82, 2.24) is 20.4 Å². The molecule has 6 nitrogen and oxygen atoms in total. The molecule has 0 radical (unpaired) electrons. The van der Waals surface area contributed by atoms with Crippen LogP contribution in [0, 0.1) is 11.6 Å². The van der Waals surface area contributed by atoms with Crippen molar-refractivity contribution in [3.8, 4) is 0 Å². The molecule has 0 bridgehead atoms. The zero-order valence-electron chi connectivity index (χ0n) is 22.5. The van der Waals surface area contributed by atoms with Gasteiger partial charge in [0.1, 0.15) is 17.3 Å². The summed E-state index contributed by atoms with van der Waals surface area (Å²) in [4.78, 5) is 1.88. The summed E-state index contributed by atoms with van der Waals surface area (Å²) in [5.74, 6) is -1.30. The molecule has 0 amide bonds. The SMILES string of the molecule is C[C@@H]1Cc2c(ccc3[nH]ncc23)C(c2c(F)cc(NC3CNC3)cc2F)N1CC(C)(F)COSC(C)(C)C. The Kier molecular flexibility index (Phi) is 7.45. The van der Waals surface area contributed by atoms with Crippen molar-refractivity contribution >= 4 is 28.6 Å². The minimum Gasteiger partial charge on any atom is -0.380 e. The third-order valence-electron chi connectivity index (χ3n) is 7.15. The number of nitrogens with zero attached hydrogens (tertiary/aromatic N) is 2. The Hall–Kier alpha value is -2.27. The first-order valence-electron chi connectivity index (χ1n) is 13.1. The van der Waals surface area contributed by atoms with Gasteiger partial charge >= 0.3 is 0 Å². The van der Waals surface area contributed by atoms with Gasteiger partial charge in [0, 0.05) is 47.1 Å². The molecule has 0 aliphatic carbocycles. The van der Waals surface area contributed by atoms with E-state index in [1.807, 2.05) is 44.7 Å². The fourth-order valence-electron chi connectivity index (χ4n) is 5.30. The largest absolute Gasteiger partial charge is 0.380 e. The Morgan fingerprint density at radius 3 is 2.50 bits per heavy atom. The Morgan fingerprint density at radius 1 is 1.16 bits per heavy atom. The smallest absolute Gasteiger partial charge is 0.145 e. The summed E-state index contributed by atoms with van der Waals surface area (Å²) in [5.41, 5.74) is 1.19. The summed E-state index contributed by atoms with van der Waals surface area (Å²) in [6.45, 7) is 10.8. The summed E-state index contributed by atoms with van der Waals surface area (Å²) in [5, 5.41) is 14.4. The highest BCUT2D eigenvalue weighted by atomic mass is 32.2. The lowest BCUT2D eigenvalue weighted by Gasteiger charge is -2.44. The molecule has 1 saturated heterocycles. The van der Waals surface area contributed by atoms with Crippen molar-refractivity contribution in [2.45, 2.75) is 69.6 Å². The van der Waals surface area contributed by atoms with Crippen LogP contribution < -0.4 is 10.6 Å². The van der Waals surface area contributed by atoms with E-state index in [0.717, 1.165) is 35.1 Å². The van der Waals surface area contributed by atoms with Crippen LogP contribution in [0.4, 0.5) is 18.9 Å². The molecule has 3 heterocycles. The predicted molar refractivity (Wildman–Crippen MR) is 147 cm³/mol. The lowest BCUT2D eigenvalue weighted by Crippen LogP contribution is -2.51. The first-order valence-corrected chi connectivity index (χ1v) is 13.8. The number of aromatic nitrogens is 2. The number of rotatable bonds is 8. The first-order chi connectivity index (χ1) is 17.9. The number of hydrogen-bond acceptors (Lipinski definition) is 6. The summed E-state index contributed by atoms with van der Waals surface area (Å²) in [6, 6.07) is 5.60. The predicted octanol–water partition coefficient (Wildman–Crippen LogP) is 5.75. The normalized spacial score (nSPS) is 22.2. The van der Waals surface area contributed by atoms with Gasteiger partial charge in [-0.2, -0.15) is 5.10 Å². The highest BCUT2D eigenvalue weighted by Gasteiger charge is 2.41. The van der Waals surface area contributed by atoms with Crippen molar-refractivity contribution in [1.29, 1.82) is 0 Å². The van der Waals surface area contributed by atoms with Gasteiger partial charge in [0.15, 0.2) is 0 Å². The maximum Gasteiger partial charge on any atom is 0.145 e. The minimum atomic E-state index is -1.74. The molecule has 0 saturated carbocycles. The van der Waals surface area contributed by atoms with Crippen LogP contribution in [-0.2, 0) is 10.6 Å². The molecule has 2 aromatic carbocycles. The van der Waals surface area contributed by atoms with Gasteiger partial charge in [0.2, 0.25) is 0 Å². The lowest BCUT2D eigenvalue weighted by atomic mass is 9.82. The fourth-order valence-corrected chi connectivity index (χ4v) is 5.96. The van der Waals surface area contributed by atoms with Crippen LogP contribution in [-0.4, -0.2) is 63.8 Å². The number of hydrogen-bond donors (Lipinski definition) is 3. The van der Waals surface area contributed by atoms with Gasteiger partial charge in [-0.3, -0.25) is 10.00 Å². The Morgan fingerprint density at radius 2 is 1.87 bits per heavy atom. The van der Waals surface area contributed by atoms with Gasteiger partial charge in [0.05, 0.1) is 30.4 Å². The molecule has 1 fully saturated rings. The topological polar surface area (TPSA) is 65.2 Å². The highest BCUT2D eigenvalue weighted by Crippen LogP contribution is 2.43. The summed E-state index contributed by atoms with van der Waals surface area (Å²) in [6.07, 6.45) is 2.35. The number of fused-ring (bicyclic) bond motifs is 3. The average Bonchev–Trinajstić information content (AvgIpc) is 3.26. The fraction of sp³-hybridized carbons (Fsp3) is 0.536. The number of nitrogens with one attached hydrogen (secondary N) is 3. The summed E-state index contributed by atoms with van der Waals surface area (Å²) >= 11 is 1.23. The second kappa shape index (κ2) is 10.4. The van der Waals surface area contributed by atoms with Crippen molar-refractivity contribution in [2.75, 3.05) is 31.6 Å². The number of benzene rings is 2. The van der Waals surface area contributed by atoms with Gasteiger partial charge in [0.25, 0.3) is 0 Å². The van der Waals surface area contributed by atoms with E-state index in [1.54, 1.807) is 6.20 Å². The Labute approximate surface area is 226 Å². The monoisotopic (exact) mass is 547 g/mol. The van der Waals surface area contributed by atoms with E-state index >= 15 is 13.2 Å². The van der Waals surface area contributed by atoms with E-state index in [4.69, 9.17) is 4.18 Å². The van der Waals surface area contributed by atoms with E-state index in [0.29, 0.717) is 12.1 Å². The van der Waals surface area contributed by atoms with Gasteiger partial charge < -0.3 is 14.8 Å². The molecular formula is C28H36F3N5OS. The molecule has 10 heteroatoms. The Bertz CT molecular complexity index is 1280. The van der Waals surface area contributed by atoms with Gasteiger partial charge in [-0.1, -0.05) is 6.07 Å². The highest BCUT2D eigenvalue weighted by molar-refractivity contribution is 7.96. The third-order valence-corrected chi connectivity index (χ3v) is 7.89. The van der Waals surface area contributed by atoms with Gasteiger partial charge in [-0.15, -0.1) is 0 Å². The maximum absolute atomic E-state index is 15.9. The summed E-state index contributed by atoms with van der Waals surface area (Å²) < 4.78 is 53.1. The molecular weight excluding hydrogens is 511 g/mol. The number of anilines is 1. The quantitative estimate of drug-likeness (QED) is 0.312. The van der Waals surface area contributed by atoms with Crippen molar-refractivity contribution < 1.29 is 17.4 Å². The first kappa shape index (κ1) is 27.3. The van der Waals surface area contributed by atoms with Crippen LogP contribution in [0.25, 0.3) is 10.9 Å².